The second-order valence-corrected chi connectivity index (χ2v) is 4.47. The summed E-state index contributed by atoms with van der Waals surface area (Å²) in [5.41, 5.74) is 8.05. The number of hydrogen-bond donors (Lipinski definition) is 1. The first-order valence-electron chi connectivity index (χ1n) is 6.36. The van der Waals surface area contributed by atoms with Crippen molar-refractivity contribution in [2.45, 2.75) is 27.3 Å². The van der Waals surface area contributed by atoms with E-state index in [0.29, 0.717) is 11.6 Å². The SMILES string of the molecule is CCN(Cc1ccncc1)c1nc(C)nc(N)c1C. The van der Waals surface area contributed by atoms with E-state index in [0.717, 1.165) is 24.5 Å². The average molecular weight is 257 g/mol. The first-order valence-corrected chi connectivity index (χ1v) is 6.36. The zero-order valence-corrected chi connectivity index (χ0v) is 11.6. The fraction of sp³-hybridized carbons (Fsp3) is 0.357. The molecule has 19 heavy (non-hydrogen) atoms. The first kappa shape index (κ1) is 13.3. The fourth-order valence-corrected chi connectivity index (χ4v) is 1.99. The molecule has 2 aromatic rings. The highest BCUT2D eigenvalue weighted by molar-refractivity contribution is 5.56. The Morgan fingerprint density at radius 2 is 1.84 bits per heavy atom. The summed E-state index contributed by atoms with van der Waals surface area (Å²) in [6.07, 6.45) is 3.60. The summed E-state index contributed by atoms with van der Waals surface area (Å²) in [5.74, 6) is 2.16. The van der Waals surface area contributed by atoms with Crippen molar-refractivity contribution < 1.29 is 0 Å². The van der Waals surface area contributed by atoms with Gasteiger partial charge in [-0.3, -0.25) is 4.98 Å². The topological polar surface area (TPSA) is 67.9 Å². The molecule has 0 aromatic carbocycles. The van der Waals surface area contributed by atoms with Gasteiger partial charge >= 0.3 is 0 Å². The lowest BCUT2D eigenvalue weighted by Crippen LogP contribution is -2.25. The van der Waals surface area contributed by atoms with Crippen LogP contribution in [0, 0.1) is 13.8 Å². The quantitative estimate of drug-likeness (QED) is 0.908. The standard InChI is InChI=1S/C14H19N5/c1-4-19(9-12-5-7-16-8-6-12)14-10(2)13(15)17-11(3)18-14/h5-8H,4,9H2,1-3H3,(H2,15,17,18). The first-order chi connectivity index (χ1) is 9.11. The highest BCUT2D eigenvalue weighted by Gasteiger charge is 2.13. The molecule has 2 heterocycles. The maximum Gasteiger partial charge on any atom is 0.137 e. The number of anilines is 2. The van der Waals surface area contributed by atoms with Crippen LogP contribution in [0.2, 0.25) is 0 Å². The van der Waals surface area contributed by atoms with Gasteiger partial charge in [0, 0.05) is 31.0 Å². The van der Waals surface area contributed by atoms with Crippen LogP contribution in [0.1, 0.15) is 23.9 Å². The Labute approximate surface area is 113 Å². The van der Waals surface area contributed by atoms with Crippen LogP contribution in [-0.2, 0) is 6.54 Å². The van der Waals surface area contributed by atoms with Gasteiger partial charge in [0.05, 0.1) is 0 Å². The molecule has 0 atom stereocenters. The molecule has 0 saturated carbocycles. The van der Waals surface area contributed by atoms with Crippen LogP contribution in [0.25, 0.3) is 0 Å². The Bertz CT molecular complexity index is 553. The van der Waals surface area contributed by atoms with E-state index < -0.39 is 0 Å². The zero-order valence-electron chi connectivity index (χ0n) is 11.6. The Hall–Kier alpha value is -2.17. The van der Waals surface area contributed by atoms with Gasteiger partial charge in [-0.25, -0.2) is 9.97 Å². The number of nitrogens with two attached hydrogens (primary N) is 1. The minimum absolute atomic E-state index is 0.552. The predicted molar refractivity (Wildman–Crippen MR) is 76.9 cm³/mol. The minimum atomic E-state index is 0.552. The van der Waals surface area contributed by atoms with Gasteiger partial charge in [-0.05, 0) is 38.5 Å². The normalized spacial score (nSPS) is 10.5. The molecule has 0 bridgehead atoms. The number of hydrogen-bond acceptors (Lipinski definition) is 5. The Kier molecular flexibility index (Phi) is 3.94. The van der Waals surface area contributed by atoms with Crippen LogP contribution in [0.15, 0.2) is 24.5 Å². The van der Waals surface area contributed by atoms with Gasteiger partial charge in [0.15, 0.2) is 0 Å². The van der Waals surface area contributed by atoms with Crippen molar-refractivity contribution in [3.8, 4) is 0 Å². The molecule has 2 rings (SSSR count). The Morgan fingerprint density at radius 3 is 2.47 bits per heavy atom. The second kappa shape index (κ2) is 5.65. The molecule has 0 aliphatic rings. The molecule has 5 nitrogen and oxygen atoms in total. The molecule has 0 radical (unpaired) electrons. The van der Waals surface area contributed by atoms with E-state index in [9.17, 15) is 0 Å². The van der Waals surface area contributed by atoms with E-state index in [1.54, 1.807) is 12.4 Å². The molecule has 0 aliphatic heterocycles. The van der Waals surface area contributed by atoms with E-state index in [1.807, 2.05) is 26.0 Å². The highest BCUT2D eigenvalue weighted by atomic mass is 15.2. The van der Waals surface area contributed by atoms with E-state index in [2.05, 4.69) is 26.8 Å². The smallest absolute Gasteiger partial charge is 0.137 e. The highest BCUT2D eigenvalue weighted by Crippen LogP contribution is 2.22. The monoisotopic (exact) mass is 257 g/mol. The molecular formula is C14H19N5. The fourth-order valence-electron chi connectivity index (χ4n) is 1.99. The van der Waals surface area contributed by atoms with E-state index in [4.69, 9.17) is 5.73 Å². The summed E-state index contributed by atoms with van der Waals surface area (Å²) in [6, 6.07) is 4.02. The lowest BCUT2D eigenvalue weighted by molar-refractivity contribution is 0.798. The largest absolute Gasteiger partial charge is 0.383 e. The van der Waals surface area contributed by atoms with Crippen molar-refractivity contribution in [1.82, 2.24) is 15.0 Å². The summed E-state index contributed by atoms with van der Waals surface area (Å²) >= 11 is 0. The van der Waals surface area contributed by atoms with E-state index >= 15 is 0 Å². The number of aromatic nitrogens is 3. The van der Waals surface area contributed by atoms with E-state index in [1.165, 1.54) is 5.56 Å². The Morgan fingerprint density at radius 1 is 1.16 bits per heavy atom. The third kappa shape index (κ3) is 2.99. The number of rotatable bonds is 4. The summed E-state index contributed by atoms with van der Waals surface area (Å²) < 4.78 is 0. The van der Waals surface area contributed by atoms with Gasteiger partial charge in [0.25, 0.3) is 0 Å². The minimum Gasteiger partial charge on any atom is -0.383 e. The number of nitrogens with zero attached hydrogens (tertiary/aromatic N) is 4. The van der Waals surface area contributed by atoms with Gasteiger partial charge in [-0.1, -0.05) is 0 Å². The summed E-state index contributed by atoms with van der Waals surface area (Å²) in [6.45, 7) is 7.57. The third-order valence-electron chi connectivity index (χ3n) is 3.07. The zero-order chi connectivity index (χ0) is 13.8. The summed E-state index contributed by atoms with van der Waals surface area (Å²) in [7, 11) is 0. The van der Waals surface area contributed by atoms with Crippen LogP contribution < -0.4 is 10.6 Å². The van der Waals surface area contributed by atoms with Crippen molar-refractivity contribution in [2.75, 3.05) is 17.2 Å². The van der Waals surface area contributed by atoms with Crippen molar-refractivity contribution in [3.05, 3.63) is 41.5 Å². The molecule has 100 valence electrons. The van der Waals surface area contributed by atoms with Crippen molar-refractivity contribution in [3.63, 3.8) is 0 Å². The van der Waals surface area contributed by atoms with Gasteiger partial charge in [0.2, 0.25) is 0 Å². The molecule has 0 unspecified atom stereocenters. The summed E-state index contributed by atoms with van der Waals surface area (Å²) in [5, 5.41) is 0. The molecule has 0 aliphatic carbocycles. The maximum absolute atomic E-state index is 5.92. The van der Waals surface area contributed by atoms with Crippen LogP contribution in [-0.4, -0.2) is 21.5 Å². The van der Waals surface area contributed by atoms with Crippen LogP contribution in [0.3, 0.4) is 0 Å². The van der Waals surface area contributed by atoms with Crippen molar-refractivity contribution >= 4 is 11.6 Å². The van der Waals surface area contributed by atoms with Crippen LogP contribution >= 0.6 is 0 Å². The third-order valence-corrected chi connectivity index (χ3v) is 3.07. The molecular weight excluding hydrogens is 238 g/mol. The molecule has 2 N–H and O–H groups in total. The van der Waals surface area contributed by atoms with Gasteiger partial charge < -0.3 is 10.6 Å². The van der Waals surface area contributed by atoms with Crippen LogP contribution in [0.5, 0.6) is 0 Å². The molecule has 0 spiro atoms. The number of pyridine rings is 1. The van der Waals surface area contributed by atoms with Gasteiger partial charge in [-0.2, -0.15) is 0 Å². The molecule has 2 aromatic heterocycles. The molecule has 0 saturated heterocycles. The lowest BCUT2D eigenvalue weighted by Gasteiger charge is -2.24. The van der Waals surface area contributed by atoms with Crippen LogP contribution in [0.4, 0.5) is 11.6 Å². The maximum atomic E-state index is 5.92. The van der Waals surface area contributed by atoms with Crippen molar-refractivity contribution in [1.29, 1.82) is 0 Å². The Balaban J connectivity index is 2.32. The lowest BCUT2D eigenvalue weighted by atomic mass is 10.2. The van der Waals surface area contributed by atoms with Gasteiger partial charge in [-0.15, -0.1) is 0 Å². The predicted octanol–water partition coefficient (Wildman–Crippen LogP) is 2.10. The number of nitrogen functional groups attached to an aromatic ring is 1. The van der Waals surface area contributed by atoms with Gasteiger partial charge in [0.1, 0.15) is 17.5 Å². The molecule has 5 heteroatoms. The molecule has 0 amide bonds. The van der Waals surface area contributed by atoms with Crippen molar-refractivity contribution in [2.24, 2.45) is 0 Å². The summed E-state index contributed by atoms with van der Waals surface area (Å²) in [4.78, 5) is 14.9. The average Bonchev–Trinajstić information content (AvgIpc) is 2.41. The molecule has 0 fully saturated rings. The van der Waals surface area contributed by atoms with E-state index in [-0.39, 0.29) is 0 Å². The number of aryl methyl sites for hydroxylation is 1. The second-order valence-electron chi connectivity index (χ2n) is 4.47.